The fourth-order valence-corrected chi connectivity index (χ4v) is 3.50. The van der Waals surface area contributed by atoms with Crippen molar-refractivity contribution in [1.29, 1.82) is 0 Å². The van der Waals surface area contributed by atoms with E-state index >= 15 is 0 Å². The summed E-state index contributed by atoms with van der Waals surface area (Å²) in [4.78, 5) is 2.13. The van der Waals surface area contributed by atoms with Gasteiger partial charge in [0.05, 0.1) is 13.2 Å². The molecule has 0 amide bonds. The first-order valence-electron chi connectivity index (χ1n) is 5.24. The van der Waals surface area contributed by atoms with Gasteiger partial charge in [-0.25, -0.2) is 4.67 Å². The summed E-state index contributed by atoms with van der Waals surface area (Å²) in [5, 5.41) is 0. The average Bonchev–Trinajstić information content (AvgIpc) is 2.67. The van der Waals surface area contributed by atoms with Crippen LogP contribution >= 0.6 is 8.53 Å². The van der Waals surface area contributed by atoms with E-state index in [1.807, 2.05) is 0 Å². The zero-order chi connectivity index (χ0) is 9.97. The lowest BCUT2D eigenvalue weighted by Gasteiger charge is -2.20. The van der Waals surface area contributed by atoms with E-state index in [4.69, 9.17) is 9.05 Å². The molecule has 0 saturated carbocycles. The molecule has 0 bridgehead atoms. The summed E-state index contributed by atoms with van der Waals surface area (Å²) in [6.45, 7) is 3.80. The lowest BCUT2D eigenvalue weighted by molar-refractivity contribution is 0.233. The van der Waals surface area contributed by atoms with Crippen LogP contribution in [0.15, 0.2) is 0 Å². The van der Waals surface area contributed by atoms with E-state index in [9.17, 15) is 0 Å². The number of likely N-dealkylation sites (N-methyl/N-ethyl adjacent to an activating group) is 1. The van der Waals surface area contributed by atoms with Gasteiger partial charge < -0.3 is 13.9 Å². The highest BCUT2D eigenvalue weighted by Gasteiger charge is 2.39. The van der Waals surface area contributed by atoms with Gasteiger partial charge in [0, 0.05) is 19.1 Å². The molecule has 2 heterocycles. The molecule has 2 fully saturated rings. The van der Waals surface area contributed by atoms with Crippen molar-refractivity contribution in [2.75, 3.05) is 40.4 Å². The maximum absolute atomic E-state index is 5.75. The Morgan fingerprint density at radius 1 is 1.57 bits per heavy atom. The first-order chi connectivity index (χ1) is 6.77. The molecule has 2 saturated heterocycles. The van der Waals surface area contributed by atoms with Gasteiger partial charge in [0.25, 0.3) is 8.53 Å². The number of fused-ring (bicyclic) bond motifs is 1. The van der Waals surface area contributed by atoms with Crippen molar-refractivity contribution in [1.82, 2.24) is 9.57 Å². The second-order valence-electron chi connectivity index (χ2n) is 4.13. The Morgan fingerprint density at radius 3 is 3.21 bits per heavy atom. The molecule has 2 atom stereocenters. The Hall–Kier alpha value is 0.270. The molecule has 0 aromatic rings. The van der Waals surface area contributed by atoms with Crippen LogP contribution < -0.4 is 0 Å². The van der Waals surface area contributed by atoms with Gasteiger partial charge in [-0.3, -0.25) is 0 Å². The first kappa shape index (κ1) is 10.8. The van der Waals surface area contributed by atoms with Crippen LogP contribution in [0.5, 0.6) is 0 Å². The Bertz CT molecular complexity index is 192. The van der Waals surface area contributed by atoms with E-state index in [0.29, 0.717) is 6.04 Å². The van der Waals surface area contributed by atoms with Crippen molar-refractivity contribution in [3.63, 3.8) is 0 Å². The van der Waals surface area contributed by atoms with Gasteiger partial charge >= 0.3 is 0 Å². The normalized spacial score (nSPS) is 32.8. The van der Waals surface area contributed by atoms with Crippen LogP contribution in [0.3, 0.4) is 0 Å². The van der Waals surface area contributed by atoms with Crippen molar-refractivity contribution in [2.45, 2.75) is 18.9 Å². The van der Waals surface area contributed by atoms with Gasteiger partial charge in [0.15, 0.2) is 0 Å². The van der Waals surface area contributed by atoms with E-state index in [1.54, 1.807) is 0 Å². The third kappa shape index (κ3) is 2.44. The summed E-state index contributed by atoms with van der Waals surface area (Å²) in [5.74, 6) is 0. The van der Waals surface area contributed by atoms with Crippen molar-refractivity contribution < 1.29 is 9.05 Å². The van der Waals surface area contributed by atoms with Gasteiger partial charge in [-0.2, -0.15) is 0 Å². The predicted molar refractivity (Wildman–Crippen MR) is 57.1 cm³/mol. The van der Waals surface area contributed by atoms with E-state index in [-0.39, 0.29) is 0 Å². The fourth-order valence-electron chi connectivity index (χ4n) is 1.84. The van der Waals surface area contributed by atoms with Crippen molar-refractivity contribution >= 4 is 8.53 Å². The van der Waals surface area contributed by atoms with Crippen molar-refractivity contribution in [2.24, 2.45) is 0 Å². The molecule has 0 radical (unpaired) electrons. The van der Waals surface area contributed by atoms with E-state index in [1.165, 1.54) is 19.4 Å². The smallest absolute Gasteiger partial charge is 0.259 e. The first-order valence-corrected chi connectivity index (χ1v) is 6.37. The topological polar surface area (TPSA) is 24.9 Å². The van der Waals surface area contributed by atoms with Crippen molar-refractivity contribution in [3.05, 3.63) is 0 Å². The molecule has 0 aliphatic carbocycles. The van der Waals surface area contributed by atoms with Crippen LogP contribution in [0.2, 0.25) is 0 Å². The van der Waals surface area contributed by atoms with Crippen LogP contribution in [0.25, 0.3) is 0 Å². The van der Waals surface area contributed by atoms with E-state index in [0.717, 1.165) is 19.8 Å². The third-order valence-corrected chi connectivity index (χ3v) is 4.39. The molecule has 2 unspecified atom stereocenters. The summed E-state index contributed by atoms with van der Waals surface area (Å²) in [6, 6.07) is 0.653. The van der Waals surface area contributed by atoms with Crippen LogP contribution in [0.1, 0.15) is 12.8 Å². The second kappa shape index (κ2) is 4.86. The Balaban J connectivity index is 1.71. The van der Waals surface area contributed by atoms with Gasteiger partial charge in [0.2, 0.25) is 0 Å². The minimum atomic E-state index is -0.709. The molecule has 2 aliphatic heterocycles. The Morgan fingerprint density at radius 2 is 2.43 bits per heavy atom. The van der Waals surface area contributed by atoms with E-state index in [2.05, 4.69) is 23.7 Å². The lowest BCUT2D eigenvalue weighted by atomic mass is 10.2. The molecule has 5 heteroatoms. The molecule has 2 rings (SSSR count). The molecule has 82 valence electrons. The van der Waals surface area contributed by atoms with Crippen LogP contribution in [0.4, 0.5) is 0 Å². The van der Waals surface area contributed by atoms with Crippen LogP contribution in [0, 0.1) is 0 Å². The molecule has 0 aromatic carbocycles. The highest BCUT2D eigenvalue weighted by molar-refractivity contribution is 7.44. The predicted octanol–water partition coefficient (Wildman–Crippen LogP) is 1.29. The molecule has 14 heavy (non-hydrogen) atoms. The minimum Gasteiger partial charge on any atom is -0.321 e. The molecular weight excluding hydrogens is 199 g/mol. The molecule has 0 aromatic heterocycles. The second-order valence-corrected chi connectivity index (χ2v) is 5.64. The monoisotopic (exact) mass is 218 g/mol. The van der Waals surface area contributed by atoms with Crippen LogP contribution in [-0.4, -0.2) is 56.0 Å². The number of rotatable bonds is 4. The maximum atomic E-state index is 5.75. The summed E-state index contributed by atoms with van der Waals surface area (Å²) in [7, 11) is 3.41. The summed E-state index contributed by atoms with van der Waals surface area (Å²) in [6.07, 6.45) is 2.60. The molecule has 4 nitrogen and oxygen atoms in total. The molecule has 0 N–H and O–H groups in total. The average molecular weight is 218 g/mol. The van der Waals surface area contributed by atoms with Gasteiger partial charge in [-0.05, 0) is 26.9 Å². The van der Waals surface area contributed by atoms with E-state index < -0.39 is 8.53 Å². The molecular formula is C9H19N2O2P. The molecule has 0 spiro atoms. The Kier molecular flexibility index (Phi) is 3.74. The third-order valence-electron chi connectivity index (χ3n) is 2.67. The summed E-state index contributed by atoms with van der Waals surface area (Å²) >= 11 is 0. The van der Waals surface area contributed by atoms with Crippen LogP contribution in [-0.2, 0) is 9.05 Å². The molecule has 2 aliphatic rings. The minimum absolute atomic E-state index is 0.653. The van der Waals surface area contributed by atoms with Gasteiger partial charge in [-0.15, -0.1) is 0 Å². The fraction of sp³-hybridized carbons (Fsp3) is 1.00. The zero-order valence-corrected chi connectivity index (χ0v) is 9.87. The maximum Gasteiger partial charge on any atom is 0.259 e. The number of hydrogen-bond donors (Lipinski definition) is 0. The van der Waals surface area contributed by atoms with Gasteiger partial charge in [-0.1, -0.05) is 0 Å². The largest absolute Gasteiger partial charge is 0.321 e. The lowest BCUT2D eigenvalue weighted by Crippen LogP contribution is -2.21. The summed E-state index contributed by atoms with van der Waals surface area (Å²) < 4.78 is 13.8. The quantitative estimate of drug-likeness (QED) is 0.664. The number of nitrogens with zero attached hydrogens (tertiary/aromatic N) is 2. The van der Waals surface area contributed by atoms with Gasteiger partial charge in [0.1, 0.15) is 0 Å². The Labute approximate surface area is 87.1 Å². The number of hydrogen-bond acceptors (Lipinski definition) is 4. The zero-order valence-electron chi connectivity index (χ0n) is 8.98. The highest BCUT2D eigenvalue weighted by atomic mass is 31.2. The SMILES string of the molecule is CN(C)CCOP1OCC2CCCN21. The standard InChI is InChI=1S/C9H19N2O2P/c1-10(2)6-7-12-14-11-5-3-4-9(11)8-13-14/h9H,3-8H2,1-2H3. The highest BCUT2D eigenvalue weighted by Crippen LogP contribution is 2.52. The summed E-state index contributed by atoms with van der Waals surface area (Å²) in [5.41, 5.74) is 0. The van der Waals surface area contributed by atoms with Crippen molar-refractivity contribution in [3.8, 4) is 0 Å².